The van der Waals surface area contributed by atoms with Gasteiger partial charge in [-0.2, -0.15) is 0 Å². The van der Waals surface area contributed by atoms with Crippen LogP contribution in [0.5, 0.6) is 23.0 Å². The van der Waals surface area contributed by atoms with Crippen LogP contribution in [0.2, 0.25) is 18.5 Å². The Balaban J connectivity index is 1.00. The molecule has 0 aliphatic carbocycles. The number of carbonyl (C=O) groups is 8. The van der Waals surface area contributed by atoms with Gasteiger partial charge in [0.15, 0.2) is 24.4 Å². The van der Waals surface area contributed by atoms with Crippen LogP contribution in [0.4, 0.5) is 0 Å². The van der Waals surface area contributed by atoms with Crippen LogP contribution in [0.3, 0.4) is 0 Å². The first-order valence-corrected chi connectivity index (χ1v) is 40.1. The summed E-state index contributed by atoms with van der Waals surface area (Å²) in [4.78, 5) is 118. The van der Waals surface area contributed by atoms with Crippen molar-refractivity contribution in [1.82, 2.24) is 19.9 Å². The van der Waals surface area contributed by atoms with Crippen LogP contribution in [-0.2, 0) is 85.7 Å². The maximum absolute atomic E-state index is 13.1. The van der Waals surface area contributed by atoms with E-state index < -0.39 is 167 Å². The van der Waals surface area contributed by atoms with Crippen molar-refractivity contribution in [3.8, 4) is 23.0 Å². The normalized spacial score (nSPS) is 21.1. The minimum absolute atomic E-state index is 0.0110. The zero-order chi connectivity index (χ0) is 88.1. The number of benzene rings is 4. The molecule has 0 spiro atoms. The van der Waals surface area contributed by atoms with E-state index in [4.69, 9.17) is 144 Å². The van der Waals surface area contributed by atoms with Gasteiger partial charge in [-0.15, -0.1) is 0 Å². The van der Waals surface area contributed by atoms with Crippen LogP contribution in [-0.4, -0.2) is 297 Å². The minimum Gasteiger partial charge on any atom is -0.500 e. The van der Waals surface area contributed by atoms with Gasteiger partial charge < -0.3 is 86.3 Å². The number of nitrogens with one attached hydrogen (secondary N) is 4. The van der Waals surface area contributed by atoms with Crippen LogP contribution < -0.4 is 40.3 Å². The molecule has 4 aromatic carbocycles. The van der Waals surface area contributed by atoms with Gasteiger partial charge >= 0.3 is 47.8 Å². The first kappa shape index (κ1) is 90.4. The second-order valence-electron chi connectivity index (χ2n) is 31.3. The molecule has 0 amide bonds. The fraction of sp³-hybridized carbons (Fsp3) is 0.325. The van der Waals surface area contributed by atoms with E-state index in [2.05, 4.69) is 19.9 Å². The highest BCUT2D eigenvalue weighted by molar-refractivity contribution is 8.01. The number of hydrogen-bond acceptors (Lipinski definition) is 22. The standard InChI is InChI=1S/C77H74B20N4O22/c1-38(102)110-36-63-70(113-40(3)104)72(115-42(5)106)74(117-44(7)108)76(122-63)120-53-19-11-15-48(31-53)68-59-23-21-55(98-59)66(46-13-9-17-51(29-46)112-35-50-33-88(50)96(92(82)83)94(86)90(78)79)56-22-24-60(99-56)69(49-16-12-20-54(32-49)121-77-75(118-45(8)109)73(116-43(6)107)71(114-41(4)105)64(123-77)37-111-39(2)103)62-28-26-58(101-62)67(57-25-27-61(68)100-57)47-14-10-18-52(30-47)119-65-34-89(65)97(93(84)85)95(87)91(80)81/h9-32,50,63-65,70-77,98-101H,33-37H2,1-8H3. The molecule has 12 atom stereocenters. The van der Waals surface area contributed by atoms with Crippen LogP contribution >= 0.6 is 0 Å². The average Bonchev–Trinajstić information content (AvgIpc) is 1.40. The molecule has 5 aliphatic heterocycles. The molecule has 4 aromatic heterocycles. The Hall–Kier alpha value is -10.3. The van der Waals surface area contributed by atoms with Gasteiger partial charge in [0.05, 0.1) is 19.2 Å². The number of H-pyrrole nitrogens is 4. The molecule has 12 unspecified atom stereocenters. The number of rotatable bonds is 31. The zero-order valence-corrected chi connectivity index (χ0v) is 68.8. The molecule has 4 N–H and O–H groups in total. The van der Waals surface area contributed by atoms with E-state index in [1.165, 1.54) is 13.8 Å². The lowest BCUT2D eigenvalue weighted by Gasteiger charge is -2.43. The van der Waals surface area contributed by atoms with Gasteiger partial charge in [-0.1, -0.05) is 54.9 Å². The summed E-state index contributed by atoms with van der Waals surface area (Å²) in [7, 11) is 62.7. The number of aromatic amines is 4. The molecule has 9 heterocycles. The fourth-order valence-corrected chi connectivity index (χ4v) is 16.5. The Morgan fingerprint density at radius 1 is 0.350 bits per heavy atom. The molecular formula is C77H74B20N4O22. The lowest BCUT2D eigenvalue weighted by molar-refractivity contribution is -0.288. The predicted molar refractivity (Wildman–Crippen MR) is 477 cm³/mol. The third-order valence-corrected chi connectivity index (χ3v) is 22.0. The van der Waals surface area contributed by atoms with E-state index in [0.717, 1.165) is 47.9 Å². The predicted octanol–water partition coefficient (Wildman–Crippen LogP) is -1.48. The molecule has 13 rings (SSSR count). The van der Waals surface area contributed by atoms with Gasteiger partial charge in [-0.25, -0.2) is 0 Å². The van der Waals surface area contributed by atoms with Crippen molar-refractivity contribution in [1.29, 1.82) is 0 Å². The molecule has 26 nitrogen and oxygen atoms in total. The monoisotopic (exact) mass is 1630 g/mol. The Labute approximate surface area is 728 Å². The summed E-state index contributed by atoms with van der Waals surface area (Å²) >= 11 is 0. The van der Waals surface area contributed by atoms with Gasteiger partial charge in [-0.3, -0.25) is 38.4 Å². The maximum Gasteiger partial charge on any atom is 0.303 e. The molecular weight excluding hydrogens is 1550 g/mol. The highest BCUT2D eigenvalue weighted by Crippen LogP contribution is 2.42. The van der Waals surface area contributed by atoms with Gasteiger partial charge in [0, 0.05) is 250 Å². The van der Waals surface area contributed by atoms with E-state index in [9.17, 15) is 38.4 Å². The number of esters is 8. The highest BCUT2D eigenvalue weighted by atomic mass is 16.7. The molecule has 5 aliphatic rings. The van der Waals surface area contributed by atoms with Crippen LogP contribution in [0.1, 0.15) is 100 Å². The van der Waals surface area contributed by atoms with Gasteiger partial charge in [0.2, 0.25) is 24.8 Å². The van der Waals surface area contributed by atoms with E-state index in [-0.39, 0.29) is 49.5 Å². The summed E-state index contributed by atoms with van der Waals surface area (Å²) in [5, 5.41) is 2.27. The van der Waals surface area contributed by atoms with E-state index in [1.807, 2.05) is 109 Å². The summed E-state index contributed by atoms with van der Waals surface area (Å²) in [5.74, 6) is -5.05. The topological polar surface area (TPSA) is 329 Å². The third-order valence-electron chi connectivity index (χ3n) is 22.0. The fourth-order valence-electron chi connectivity index (χ4n) is 16.5. The van der Waals surface area contributed by atoms with Crippen LogP contribution in [0.25, 0.3) is 22.3 Å². The number of ether oxygens (including phenoxy) is 14. The number of carbonyl (C=O) groups excluding carboxylic acids is 8. The quantitative estimate of drug-likeness (QED) is 0.0219. The second kappa shape index (κ2) is 39.2. The first-order valence-electron chi connectivity index (χ1n) is 40.1. The van der Waals surface area contributed by atoms with E-state index in [0.29, 0.717) is 107 Å². The molecule has 46 heteroatoms. The smallest absolute Gasteiger partial charge is 0.303 e. The third kappa shape index (κ3) is 21.7. The zero-order valence-electron chi connectivity index (χ0n) is 68.8. The lowest BCUT2D eigenvalue weighted by Crippen LogP contribution is -2.64. The summed E-state index contributed by atoms with van der Waals surface area (Å²) in [6, 6.07) is 44.0. The first-order chi connectivity index (χ1) is 58.6. The van der Waals surface area contributed by atoms with Crippen molar-refractivity contribution >= 4 is 212 Å². The summed E-state index contributed by atoms with van der Waals surface area (Å²) < 4.78 is 85.1. The lowest BCUT2D eigenvalue weighted by atomic mass is 8.57. The van der Waals surface area contributed by atoms with Crippen molar-refractivity contribution in [2.75, 3.05) is 19.8 Å². The molecule has 8 aromatic rings. The maximum atomic E-state index is 13.1. The molecule has 20 radical (unpaired) electrons. The van der Waals surface area contributed by atoms with Gasteiger partial charge in [0.25, 0.3) is 0 Å². The van der Waals surface area contributed by atoms with Crippen LogP contribution in [0, 0.1) is 0 Å². The number of aromatic nitrogens is 4. The van der Waals surface area contributed by atoms with Crippen molar-refractivity contribution in [2.45, 2.75) is 141 Å². The van der Waals surface area contributed by atoms with Crippen LogP contribution in [0.15, 0.2) is 146 Å². The minimum atomic E-state index is -1.61. The Morgan fingerprint density at radius 3 is 1.00 bits per heavy atom. The molecule has 123 heavy (non-hydrogen) atoms. The number of hydrogen-bond donors (Lipinski definition) is 4. The molecule has 4 fully saturated rings. The SMILES string of the molecule is [B]B([B])B([B])B(B([B])[B])B1CC1COc1cccc(C2=c3ccc([nH]3)=C(c3cccc(OC4OC(COC(C)=O)C(OC(C)=O)C(OC(C)=O)C4OC(C)=O)c3)c3ccc([nH]3)C(c3cccc(OC4CB4B(B([B])[B])B([B])B([B])[B])c3)=c3ccc([nH]3)=C(c3cccc(OC4OC(COC(C)=O)C(OC(C)=O)C(OC(C)=O)C4OC(C)=O)c3)c3ccc2[nH]3)c1. The van der Waals surface area contributed by atoms with Gasteiger partial charge in [-0.05, 0) is 131 Å². The Kier molecular flexibility index (Phi) is 28.8. The second-order valence-corrected chi connectivity index (χ2v) is 31.3. The summed E-state index contributed by atoms with van der Waals surface area (Å²) in [6.07, 6.45) is -19.4. The Morgan fingerprint density at radius 2 is 0.667 bits per heavy atom. The molecule has 0 saturated carbocycles. The highest BCUT2D eigenvalue weighted by Gasteiger charge is 2.57. The molecule has 4 saturated heterocycles. The summed E-state index contributed by atoms with van der Waals surface area (Å²) in [5.41, 5.74) is 7.13. The van der Waals surface area contributed by atoms with Crippen molar-refractivity contribution in [3.05, 3.63) is 212 Å². The largest absolute Gasteiger partial charge is 0.500 e. The van der Waals surface area contributed by atoms with Crippen molar-refractivity contribution in [2.24, 2.45) is 0 Å². The van der Waals surface area contributed by atoms with Crippen molar-refractivity contribution < 1.29 is 105 Å². The summed E-state index contributed by atoms with van der Waals surface area (Å²) in [6.45, 7) is 8.17. The molecule has 8 bridgehead atoms. The van der Waals surface area contributed by atoms with E-state index >= 15 is 0 Å². The van der Waals surface area contributed by atoms with Crippen molar-refractivity contribution in [3.63, 3.8) is 0 Å². The average molecular weight is 1620 g/mol. The molecule has 594 valence electrons. The van der Waals surface area contributed by atoms with E-state index in [1.54, 1.807) is 36.4 Å². The number of fused-ring (bicyclic) bond motifs is 8. The van der Waals surface area contributed by atoms with Gasteiger partial charge in [0.1, 0.15) is 55.0 Å². The Bertz CT molecular complexity index is 5540.